The van der Waals surface area contributed by atoms with Crippen LogP contribution in [0.1, 0.15) is 19.2 Å². The summed E-state index contributed by atoms with van der Waals surface area (Å²) in [6.07, 6.45) is 8.68. The summed E-state index contributed by atoms with van der Waals surface area (Å²) in [7, 11) is 0. The molecule has 4 heteroatoms. The molecule has 0 atom stereocenters. The van der Waals surface area contributed by atoms with Crippen LogP contribution in [0.5, 0.6) is 0 Å². The Morgan fingerprint density at radius 2 is 2.28 bits per heavy atom. The molecule has 4 nitrogen and oxygen atoms in total. The van der Waals surface area contributed by atoms with Crippen molar-refractivity contribution >= 4 is 17.1 Å². The molecule has 0 saturated carbocycles. The molecule has 0 radical (unpaired) electrons. The molecule has 0 fully saturated rings. The minimum atomic E-state index is 0.872. The SMILES string of the molecule is CCC=Cc1nc2ccc(-c3ncc[nH]3)cc2[nH]1. The molecule has 2 N–H and O–H groups in total. The van der Waals surface area contributed by atoms with Gasteiger partial charge >= 0.3 is 0 Å². The number of aromatic amines is 2. The molecule has 0 spiro atoms. The zero-order chi connectivity index (χ0) is 12.4. The molecule has 3 rings (SSSR count). The molecule has 0 amide bonds. The van der Waals surface area contributed by atoms with E-state index in [1.165, 1.54) is 0 Å². The number of imidazole rings is 2. The summed E-state index contributed by atoms with van der Waals surface area (Å²) in [5.41, 5.74) is 3.06. The van der Waals surface area contributed by atoms with E-state index in [4.69, 9.17) is 0 Å². The number of nitrogens with one attached hydrogen (secondary N) is 2. The van der Waals surface area contributed by atoms with Gasteiger partial charge in [-0.05, 0) is 30.7 Å². The summed E-state index contributed by atoms with van der Waals surface area (Å²) in [5, 5.41) is 0. The average Bonchev–Trinajstić information content (AvgIpc) is 3.03. The van der Waals surface area contributed by atoms with Gasteiger partial charge in [-0.15, -0.1) is 0 Å². The Hall–Kier alpha value is -2.36. The Labute approximate surface area is 105 Å². The topological polar surface area (TPSA) is 57.4 Å². The van der Waals surface area contributed by atoms with Crippen LogP contribution in [0, 0.1) is 0 Å². The average molecular weight is 238 g/mol. The molecular formula is C14H14N4. The number of hydrogen-bond acceptors (Lipinski definition) is 2. The second-order valence-electron chi connectivity index (χ2n) is 4.10. The van der Waals surface area contributed by atoms with E-state index < -0.39 is 0 Å². The van der Waals surface area contributed by atoms with E-state index >= 15 is 0 Å². The highest BCUT2D eigenvalue weighted by atomic mass is 14.9. The lowest BCUT2D eigenvalue weighted by Gasteiger charge is -1.95. The number of fused-ring (bicyclic) bond motifs is 1. The van der Waals surface area contributed by atoms with Crippen LogP contribution in [0.15, 0.2) is 36.7 Å². The van der Waals surface area contributed by atoms with Crippen molar-refractivity contribution < 1.29 is 0 Å². The van der Waals surface area contributed by atoms with Crippen molar-refractivity contribution in [2.45, 2.75) is 13.3 Å². The lowest BCUT2D eigenvalue weighted by atomic mass is 10.2. The van der Waals surface area contributed by atoms with E-state index in [2.05, 4.69) is 39.0 Å². The Morgan fingerprint density at radius 1 is 1.33 bits per heavy atom. The molecule has 3 aromatic rings. The number of aromatic nitrogens is 4. The summed E-state index contributed by atoms with van der Waals surface area (Å²) in [6.45, 7) is 2.11. The maximum Gasteiger partial charge on any atom is 0.137 e. The van der Waals surface area contributed by atoms with Gasteiger partial charge in [0.2, 0.25) is 0 Å². The van der Waals surface area contributed by atoms with Crippen LogP contribution in [0.2, 0.25) is 0 Å². The van der Waals surface area contributed by atoms with Crippen molar-refractivity contribution in [3.05, 3.63) is 42.5 Å². The first-order chi connectivity index (χ1) is 8.86. The first-order valence-corrected chi connectivity index (χ1v) is 6.03. The first kappa shape index (κ1) is 10.8. The minimum absolute atomic E-state index is 0.872. The zero-order valence-corrected chi connectivity index (χ0v) is 10.1. The van der Waals surface area contributed by atoms with Gasteiger partial charge < -0.3 is 9.97 Å². The lowest BCUT2D eigenvalue weighted by molar-refractivity contribution is 1.22. The summed E-state index contributed by atoms with van der Waals surface area (Å²) in [4.78, 5) is 15.1. The molecule has 0 aliphatic rings. The lowest BCUT2D eigenvalue weighted by Crippen LogP contribution is -1.80. The summed E-state index contributed by atoms with van der Waals surface area (Å²) in [6, 6.07) is 6.09. The normalized spacial score (nSPS) is 11.6. The minimum Gasteiger partial charge on any atom is -0.345 e. The molecule has 0 aliphatic heterocycles. The highest BCUT2D eigenvalue weighted by molar-refractivity contribution is 5.81. The van der Waals surface area contributed by atoms with E-state index in [1.807, 2.05) is 24.4 Å². The molecular weight excluding hydrogens is 224 g/mol. The summed E-state index contributed by atoms with van der Waals surface area (Å²) < 4.78 is 0. The van der Waals surface area contributed by atoms with Crippen molar-refractivity contribution in [1.29, 1.82) is 0 Å². The standard InChI is InChI=1S/C14H14N4/c1-2-3-4-13-17-11-6-5-10(9-12(11)18-13)14-15-7-8-16-14/h3-9H,2H2,1H3,(H,15,16)(H,17,18). The Kier molecular flexibility index (Phi) is 2.68. The van der Waals surface area contributed by atoms with Crippen LogP contribution in [0.4, 0.5) is 0 Å². The van der Waals surface area contributed by atoms with E-state index in [0.717, 1.165) is 34.7 Å². The number of nitrogens with zero attached hydrogens (tertiary/aromatic N) is 2. The van der Waals surface area contributed by atoms with E-state index in [0.29, 0.717) is 0 Å². The van der Waals surface area contributed by atoms with Crippen molar-refractivity contribution in [2.24, 2.45) is 0 Å². The third-order valence-electron chi connectivity index (χ3n) is 2.78. The monoisotopic (exact) mass is 238 g/mol. The third kappa shape index (κ3) is 1.93. The van der Waals surface area contributed by atoms with Gasteiger partial charge in [-0.2, -0.15) is 0 Å². The molecule has 1 aromatic carbocycles. The second-order valence-corrected chi connectivity index (χ2v) is 4.10. The summed E-state index contributed by atoms with van der Waals surface area (Å²) in [5.74, 6) is 1.76. The van der Waals surface area contributed by atoms with Gasteiger partial charge in [0.05, 0.1) is 11.0 Å². The second kappa shape index (κ2) is 4.49. The number of rotatable bonds is 3. The fourth-order valence-corrected chi connectivity index (χ4v) is 1.91. The Morgan fingerprint density at radius 3 is 3.06 bits per heavy atom. The van der Waals surface area contributed by atoms with Crippen LogP contribution < -0.4 is 0 Å². The van der Waals surface area contributed by atoms with Crippen molar-refractivity contribution in [3.8, 4) is 11.4 Å². The largest absolute Gasteiger partial charge is 0.345 e. The van der Waals surface area contributed by atoms with Gasteiger partial charge in [-0.3, -0.25) is 0 Å². The van der Waals surface area contributed by atoms with Gasteiger partial charge in [0.15, 0.2) is 0 Å². The van der Waals surface area contributed by atoms with Gasteiger partial charge in [-0.1, -0.05) is 13.0 Å². The zero-order valence-electron chi connectivity index (χ0n) is 10.1. The van der Waals surface area contributed by atoms with E-state index in [9.17, 15) is 0 Å². The van der Waals surface area contributed by atoms with Gasteiger partial charge in [-0.25, -0.2) is 9.97 Å². The smallest absolute Gasteiger partial charge is 0.137 e. The quantitative estimate of drug-likeness (QED) is 0.735. The maximum atomic E-state index is 4.50. The van der Waals surface area contributed by atoms with Gasteiger partial charge in [0, 0.05) is 18.0 Å². The van der Waals surface area contributed by atoms with Crippen molar-refractivity contribution in [2.75, 3.05) is 0 Å². The fourth-order valence-electron chi connectivity index (χ4n) is 1.91. The molecule has 0 saturated heterocycles. The third-order valence-corrected chi connectivity index (χ3v) is 2.78. The fraction of sp³-hybridized carbons (Fsp3) is 0.143. The molecule has 0 unspecified atom stereocenters. The maximum absolute atomic E-state index is 4.50. The van der Waals surface area contributed by atoms with Crippen LogP contribution >= 0.6 is 0 Å². The van der Waals surface area contributed by atoms with Crippen LogP contribution in [-0.2, 0) is 0 Å². The number of allylic oxidation sites excluding steroid dienone is 1. The number of benzene rings is 1. The van der Waals surface area contributed by atoms with Crippen LogP contribution in [0.25, 0.3) is 28.5 Å². The highest BCUT2D eigenvalue weighted by Gasteiger charge is 2.04. The van der Waals surface area contributed by atoms with Crippen molar-refractivity contribution in [1.82, 2.24) is 19.9 Å². The number of hydrogen-bond donors (Lipinski definition) is 2. The van der Waals surface area contributed by atoms with E-state index in [-0.39, 0.29) is 0 Å². The summed E-state index contributed by atoms with van der Waals surface area (Å²) >= 11 is 0. The molecule has 0 aliphatic carbocycles. The Bertz CT molecular complexity index is 677. The first-order valence-electron chi connectivity index (χ1n) is 6.03. The molecule has 18 heavy (non-hydrogen) atoms. The van der Waals surface area contributed by atoms with Crippen LogP contribution in [0.3, 0.4) is 0 Å². The predicted molar refractivity (Wildman–Crippen MR) is 73.0 cm³/mol. The molecule has 2 heterocycles. The predicted octanol–water partition coefficient (Wildman–Crippen LogP) is 3.38. The molecule has 0 bridgehead atoms. The highest BCUT2D eigenvalue weighted by Crippen LogP contribution is 2.20. The van der Waals surface area contributed by atoms with Gasteiger partial charge in [0.1, 0.15) is 11.6 Å². The molecule has 90 valence electrons. The van der Waals surface area contributed by atoms with Crippen LogP contribution in [-0.4, -0.2) is 19.9 Å². The van der Waals surface area contributed by atoms with Crippen molar-refractivity contribution in [3.63, 3.8) is 0 Å². The van der Waals surface area contributed by atoms with E-state index in [1.54, 1.807) is 6.20 Å². The van der Waals surface area contributed by atoms with Gasteiger partial charge in [0.25, 0.3) is 0 Å². The number of H-pyrrole nitrogens is 2. The molecule has 2 aromatic heterocycles. The Balaban J connectivity index is 2.04.